The molecule has 4 aliphatic heterocycles. The number of carbonyl (C=O) groups excluding carboxylic acids is 2. The van der Waals surface area contributed by atoms with Crippen molar-refractivity contribution < 1.29 is 23.8 Å². The van der Waals surface area contributed by atoms with E-state index in [-0.39, 0.29) is 23.9 Å². The highest BCUT2D eigenvalue weighted by molar-refractivity contribution is 5.96. The summed E-state index contributed by atoms with van der Waals surface area (Å²) in [7, 11) is 0. The number of fused-ring (bicyclic) bond motifs is 2. The molecule has 0 bridgehead atoms. The van der Waals surface area contributed by atoms with Crippen molar-refractivity contribution in [1.29, 1.82) is 0 Å². The van der Waals surface area contributed by atoms with E-state index in [2.05, 4.69) is 4.90 Å². The van der Waals surface area contributed by atoms with Gasteiger partial charge >= 0.3 is 0 Å². The first-order valence-electron chi connectivity index (χ1n) is 10.5. The van der Waals surface area contributed by atoms with Gasteiger partial charge in [-0.3, -0.25) is 14.5 Å². The lowest BCUT2D eigenvalue weighted by Crippen LogP contribution is -2.45. The first kappa shape index (κ1) is 18.7. The Morgan fingerprint density at radius 1 is 0.966 bits per heavy atom. The fourth-order valence-electron chi connectivity index (χ4n) is 4.89. The molecule has 0 aromatic heterocycles. The molecule has 3 saturated heterocycles. The number of carbonyl (C=O) groups is 2. The Balaban J connectivity index is 1.25. The molecule has 0 aliphatic carbocycles. The maximum absolute atomic E-state index is 13.2. The van der Waals surface area contributed by atoms with Crippen molar-refractivity contribution in [3.05, 3.63) is 23.8 Å². The van der Waals surface area contributed by atoms with Crippen molar-refractivity contribution in [2.75, 3.05) is 59.2 Å². The van der Waals surface area contributed by atoms with Crippen molar-refractivity contribution in [3.63, 3.8) is 0 Å². The van der Waals surface area contributed by atoms with E-state index in [1.54, 1.807) is 18.2 Å². The van der Waals surface area contributed by atoms with Crippen molar-refractivity contribution in [2.24, 2.45) is 0 Å². The van der Waals surface area contributed by atoms with Crippen LogP contribution in [0.2, 0.25) is 0 Å². The summed E-state index contributed by atoms with van der Waals surface area (Å²) in [5, 5.41) is 0. The topological polar surface area (TPSA) is 71.6 Å². The Kier molecular flexibility index (Phi) is 5.05. The van der Waals surface area contributed by atoms with Crippen LogP contribution in [-0.4, -0.2) is 97.7 Å². The third-order valence-corrected chi connectivity index (χ3v) is 6.43. The van der Waals surface area contributed by atoms with Gasteiger partial charge in [-0.1, -0.05) is 0 Å². The van der Waals surface area contributed by atoms with Gasteiger partial charge in [0.1, 0.15) is 13.2 Å². The number of ether oxygens (including phenoxy) is 3. The third kappa shape index (κ3) is 3.55. The average molecular weight is 401 g/mol. The lowest BCUT2D eigenvalue weighted by molar-refractivity contribution is -0.129. The van der Waals surface area contributed by atoms with Crippen LogP contribution in [0.5, 0.6) is 11.5 Å². The molecule has 0 radical (unpaired) electrons. The van der Waals surface area contributed by atoms with Crippen LogP contribution in [0.15, 0.2) is 18.2 Å². The van der Waals surface area contributed by atoms with Gasteiger partial charge in [-0.25, -0.2) is 0 Å². The molecule has 4 heterocycles. The van der Waals surface area contributed by atoms with Crippen molar-refractivity contribution in [3.8, 4) is 11.5 Å². The van der Waals surface area contributed by atoms with E-state index >= 15 is 0 Å². The predicted octanol–water partition coefficient (Wildman–Crippen LogP) is 0.605. The number of hydrogen-bond acceptors (Lipinski definition) is 6. The summed E-state index contributed by atoms with van der Waals surface area (Å²) in [6, 6.07) is 5.44. The van der Waals surface area contributed by atoms with Gasteiger partial charge in [0, 0.05) is 44.7 Å². The second-order valence-electron chi connectivity index (χ2n) is 8.03. The van der Waals surface area contributed by atoms with Gasteiger partial charge in [-0.2, -0.15) is 0 Å². The molecule has 0 spiro atoms. The van der Waals surface area contributed by atoms with Crippen LogP contribution in [-0.2, 0) is 9.53 Å². The Bertz CT molecular complexity index is 795. The van der Waals surface area contributed by atoms with Crippen molar-refractivity contribution in [1.82, 2.24) is 14.7 Å². The van der Waals surface area contributed by atoms with Gasteiger partial charge < -0.3 is 24.0 Å². The Hall–Kier alpha value is -2.32. The van der Waals surface area contributed by atoms with Crippen LogP contribution in [0.4, 0.5) is 0 Å². The molecule has 29 heavy (non-hydrogen) atoms. The molecule has 4 aliphatic rings. The lowest BCUT2D eigenvalue weighted by Gasteiger charge is -2.30. The molecule has 8 heteroatoms. The van der Waals surface area contributed by atoms with Crippen LogP contribution in [0.25, 0.3) is 0 Å². The van der Waals surface area contributed by atoms with Gasteiger partial charge in [0.2, 0.25) is 5.91 Å². The molecular formula is C21H27N3O5. The molecular weight excluding hydrogens is 374 g/mol. The van der Waals surface area contributed by atoms with Crippen LogP contribution in [0.3, 0.4) is 0 Å². The smallest absolute Gasteiger partial charge is 0.254 e. The summed E-state index contributed by atoms with van der Waals surface area (Å²) < 4.78 is 16.6. The van der Waals surface area contributed by atoms with E-state index < -0.39 is 0 Å². The number of likely N-dealkylation sites (tertiary alicyclic amines) is 2. The summed E-state index contributed by atoms with van der Waals surface area (Å²) in [5.74, 6) is 1.43. The Morgan fingerprint density at radius 3 is 2.59 bits per heavy atom. The fraction of sp³-hybridized carbons (Fsp3) is 0.619. The summed E-state index contributed by atoms with van der Waals surface area (Å²) in [6.07, 6.45) is 1.26. The number of amides is 2. The second kappa shape index (κ2) is 7.84. The first-order chi connectivity index (χ1) is 14.2. The summed E-state index contributed by atoms with van der Waals surface area (Å²) in [4.78, 5) is 32.1. The van der Waals surface area contributed by atoms with Gasteiger partial charge in [0.25, 0.3) is 5.91 Å². The minimum atomic E-state index is -0.0344. The zero-order chi connectivity index (χ0) is 19.8. The number of benzene rings is 1. The third-order valence-electron chi connectivity index (χ3n) is 6.43. The van der Waals surface area contributed by atoms with Gasteiger partial charge in [0.05, 0.1) is 25.3 Å². The van der Waals surface area contributed by atoms with Crippen molar-refractivity contribution in [2.45, 2.75) is 24.9 Å². The number of nitrogens with zero attached hydrogens (tertiary/aromatic N) is 3. The molecule has 0 saturated carbocycles. The van der Waals surface area contributed by atoms with Crippen LogP contribution >= 0.6 is 0 Å². The Labute approximate surface area is 170 Å². The predicted molar refractivity (Wildman–Crippen MR) is 104 cm³/mol. The highest BCUT2D eigenvalue weighted by Crippen LogP contribution is 2.35. The molecule has 0 unspecified atom stereocenters. The van der Waals surface area contributed by atoms with E-state index in [9.17, 15) is 9.59 Å². The maximum atomic E-state index is 13.2. The monoisotopic (exact) mass is 401 g/mol. The van der Waals surface area contributed by atoms with Gasteiger partial charge in [-0.05, 0) is 24.6 Å². The van der Waals surface area contributed by atoms with E-state index in [0.29, 0.717) is 43.2 Å². The van der Waals surface area contributed by atoms with E-state index in [0.717, 1.165) is 45.8 Å². The summed E-state index contributed by atoms with van der Waals surface area (Å²) >= 11 is 0. The molecule has 156 valence electrons. The molecule has 0 N–H and O–H groups in total. The normalized spacial score (nSPS) is 26.7. The highest BCUT2D eigenvalue weighted by atomic mass is 16.6. The molecule has 3 fully saturated rings. The highest BCUT2D eigenvalue weighted by Gasteiger charge is 2.48. The molecule has 1 aromatic carbocycles. The fourth-order valence-corrected chi connectivity index (χ4v) is 4.89. The van der Waals surface area contributed by atoms with E-state index in [1.807, 2.05) is 9.80 Å². The zero-order valence-corrected chi connectivity index (χ0v) is 16.5. The quantitative estimate of drug-likeness (QED) is 0.736. The molecule has 1 aromatic rings. The molecule has 5 rings (SSSR count). The SMILES string of the molecule is O=C1C[C@H]2[C@H](CCN2C(=O)c2ccc3c(c2)OCCO3)N1CCN1CCOCC1. The molecule has 8 nitrogen and oxygen atoms in total. The number of morpholine rings is 1. The first-order valence-corrected chi connectivity index (χ1v) is 10.5. The van der Waals surface area contributed by atoms with Gasteiger partial charge in [-0.15, -0.1) is 0 Å². The van der Waals surface area contributed by atoms with Crippen LogP contribution in [0, 0.1) is 0 Å². The zero-order valence-electron chi connectivity index (χ0n) is 16.5. The second-order valence-corrected chi connectivity index (χ2v) is 8.03. The average Bonchev–Trinajstić information content (AvgIpc) is 3.30. The number of hydrogen-bond donors (Lipinski definition) is 0. The van der Waals surface area contributed by atoms with Crippen molar-refractivity contribution >= 4 is 11.8 Å². The number of rotatable bonds is 4. The van der Waals surface area contributed by atoms with E-state index in [1.165, 1.54) is 0 Å². The largest absolute Gasteiger partial charge is 0.486 e. The standard InChI is InChI=1S/C21H27N3O5/c25-20-14-17-16(23(20)6-5-22-7-9-27-10-8-22)3-4-24(17)21(26)15-1-2-18-19(13-15)29-12-11-28-18/h1-2,13,16-17H,3-12,14H2/t16-,17-/m0/s1. The molecule has 2 amide bonds. The lowest BCUT2D eigenvalue weighted by atomic mass is 10.1. The minimum Gasteiger partial charge on any atom is -0.486 e. The van der Waals surface area contributed by atoms with Gasteiger partial charge in [0.15, 0.2) is 11.5 Å². The van der Waals surface area contributed by atoms with Crippen LogP contribution < -0.4 is 9.47 Å². The minimum absolute atomic E-state index is 0.0303. The summed E-state index contributed by atoms with van der Waals surface area (Å²) in [6.45, 7) is 6.67. The Morgan fingerprint density at radius 2 is 1.76 bits per heavy atom. The molecule has 2 atom stereocenters. The van der Waals surface area contributed by atoms with Crippen LogP contribution in [0.1, 0.15) is 23.2 Å². The maximum Gasteiger partial charge on any atom is 0.254 e. The van der Waals surface area contributed by atoms with E-state index in [4.69, 9.17) is 14.2 Å². The summed E-state index contributed by atoms with van der Waals surface area (Å²) in [5.41, 5.74) is 0.592.